The van der Waals surface area contributed by atoms with Crippen molar-refractivity contribution in [3.63, 3.8) is 0 Å². The molecule has 31 heavy (non-hydrogen) atoms. The molecule has 1 aromatic carbocycles. The molecule has 7 nitrogen and oxygen atoms in total. The van der Waals surface area contributed by atoms with E-state index < -0.39 is 0 Å². The number of anilines is 1. The Morgan fingerprint density at radius 1 is 0.968 bits per heavy atom. The van der Waals surface area contributed by atoms with Gasteiger partial charge in [-0.05, 0) is 44.7 Å². The Morgan fingerprint density at radius 2 is 1.61 bits per heavy atom. The van der Waals surface area contributed by atoms with E-state index >= 15 is 0 Å². The molecule has 166 valence electrons. The number of piperidine rings is 1. The van der Waals surface area contributed by atoms with Crippen molar-refractivity contribution < 1.29 is 4.79 Å². The highest BCUT2D eigenvalue weighted by molar-refractivity contribution is 5.74. The predicted octanol–water partition coefficient (Wildman–Crippen LogP) is 2.63. The van der Waals surface area contributed by atoms with Crippen molar-refractivity contribution >= 4 is 12.0 Å². The van der Waals surface area contributed by atoms with Gasteiger partial charge in [-0.25, -0.2) is 14.8 Å². The Morgan fingerprint density at radius 3 is 2.26 bits per heavy atom. The quantitative estimate of drug-likeness (QED) is 0.803. The molecule has 7 heteroatoms. The Balaban J connectivity index is 1.18. The Bertz CT molecular complexity index is 837. The van der Waals surface area contributed by atoms with E-state index in [1.54, 1.807) is 0 Å². The molecule has 0 atom stereocenters. The number of nitrogens with zero attached hydrogens (tertiary/aromatic N) is 5. The minimum absolute atomic E-state index is 0.0670. The first-order valence-electron chi connectivity index (χ1n) is 11.5. The lowest BCUT2D eigenvalue weighted by Gasteiger charge is -2.42. The van der Waals surface area contributed by atoms with Crippen LogP contribution >= 0.6 is 0 Å². The van der Waals surface area contributed by atoms with E-state index in [0.717, 1.165) is 75.9 Å². The van der Waals surface area contributed by atoms with Gasteiger partial charge in [0.15, 0.2) is 0 Å². The molecular weight excluding hydrogens is 388 g/mol. The van der Waals surface area contributed by atoms with Crippen LogP contribution < -0.4 is 10.2 Å². The summed E-state index contributed by atoms with van der Waals surface area (Å²) in [4.78, 5) is 28.6. The molecule has 0 aliphatic carbocycles. The van der Waals surface area contributed by atoms with E-state index in [0.29, 0.717) is 12.6 Å². The first-order chi connectivity index (χ1) is 15.1. The van der Waals surface area contributed by atoms with Crippen LogP contribution in [0.2, 0.25) is 0 Å². The summed E-state index contributed by atoms with van der Waals surface area (Å²) in [5.41, 5.74) is 3.32. The minimum Gasteiger partial charge on any atom is -0.341 e. The normalized spacial score (nSPS) is 18.3. The third kappa shape index (κ3) is 5.73. The highest BCUT2D eigenvalue weighted by atomic mass is 16.2. The van der Waals surface area contributed by atoms with Gasteiger partial charge < -0.3 is 15.1 Å². The van der Waals surface area contributed by atoms with Crippen molar-refractivity contribution in [2.75, 3.05) is 50.7 Å². The second-order valence-corrected chi connectivity index (χ2v) is 8.66. The molecule has 2 aliphatic heterocycles. The van der Waals surface area contributed by atoms with Gasteiger partial charge in [0.25, 0.3) is 0 Å². The van der Waals surface area contributed by atoms with Gasteiger partial charge in [0.1, 0.15) is 0 Å². The number of urea groups is 1. The summed E-state index contributed by atoms with van der Waals surface area (Å²) in [7, 11) is 0. The van der Waals surface area contributed by atoms with E-state index in [9.17, 15) is 4.79 Å². The maximum Gasteiger partial charge on any atom is 0.317 e. The maximum atomic E-state index is 12.5. The summed E-state index contributed by atoms with van der Waals surface area (Å²) in [5.74, 6) is 0.868. The van der Waals surface area contributed by atoms with Crippen LogP contribution in [0.15, 0.2) is 36.4 Å². The molecule has 2 fully saturated rings. The van der Waals surface area contributed by atoms with E-state index in [-0.39, 0.29) is 6.03 Å². The topological polar surface area (TPSA) is 64.6 Å². The van der Waals surface area contributed by atoms with Crippen LogP contribution in [0, 0.1) is 13.8 Å². The molecule has 0 saturated carbocycles. The van der Waals surface area contributed by atoms with Crippen molar-refractivity contribution in [2.24, 2.45) is 0 Å². The molecule has 1 N–H and O–H groups in total. The second-order valence-electron chi connectivity index (χ2n) is 8.66. The first kappa shape index (κ1) is 21.6. The highest BCUT2D eigenvalue weighted by Crippen LogP contribution is 2.21. The van der Waals surface area contributed by atoms with Crippen molar-refractivity contribution in [3.8, 4) is 0 Å². The van der Waals surface area contributed by atoms with Gasteiger partial charge in [0.05, 0.1) is 0 Å². The number of benzene rings is 1. The largest absolute Gasteiger partial charge is 0.341 e. The number of rotatable bonds is 5. The Hall–Kier alpha value is -2.67. The molecule has 4 rings (SSSR count). The molecule has 2 amide bonds. The zero-order valence-corrected chi connectivity index (χ0v) is 18.8. The third-order valence-electron chi connectivity index (χ3n) is 6.37. The van der Waals surface area contributed by atoms with Crippen molar-refractivity contribution in [2.45, 2.75) is 39.2 Å². The van der Waals surface area contributed by atoms with Crippen LogP contribution in [0.5, 0.6) is 0 Å². The second kappa shape index (κ2) is 10.1. The standard InChI is InChI=1S/C24H34N6O/c1-19-18-20(2)27-23(26-19)29-12-9-22(10-13-29)28-14-16-30(17-15-28)24(31)25-11-8-21-6-4-3-5-7-21/h3-7,18,22H,8-17H2,1-2H3,(H,25,31). The average molecular weight is 423 g/mol. The number of hydrogen-bond donors (Lipinski definition) is 1. The summed E-state index contributed by atoms with van der Waals surface area (Å²) in [6.07, 6.45) is 3.12. The van der Waals surface area contributed by atoms with Crippen molar-refractivity contribution in [3.05, 3.63) is 53.3 Å². The molecule has 1 aromatic heterocycles. The number of amides is 2. The fourth-order valence-electron chi connectivity index (χ4n) is 4.64. The zero-order valence-electron chi connectivity index (χ0n) is 18.8. The Labute approximate surface area is 185 Å². The summed E-state index contributed by atoms with van der Waals surface area (Å²) in [5, 5.41) is 3.08. The third-order valence-corrected chi connectivity index (χ3v) is 6.37. The van der Waals surface area contributed by atoms with Crippen LogP contribution in [0.1, 0.15) is 29.8 Å². The van der Waals surface area contributed by atoms with Crippen molar-refractivity contribution in [1.29, 1.82) is 0 Å². The van der Waals surface area contributed by atoms with Crippen LogP contribution in [-0.2, 0) is 6.42 Å². The number of carbonyl (C=O) groups excluding carboxylic acids is 1. The summed E-state index contributed by atoms with van der Waals surface area (Å²) >= 11 is 0. The summed E-state index contributed by atoms with van der Waals surface area (Å²) < 4.78 is 0. The van der Waals surface area contributed by atoms with Gasteiger partial charge in [0.2, 0.25) is 5.95 Å². The summed E-state index contributed by atoms with van der Waals surface area (Å²) in [6.45, 7) is 10.2. The maximum absolute atomic E-state index is 12.5. The van der Waals surface area contributed by atoms with Crippen molar-refractivity contribution in [1.82, 2.24) is 25.1 Å². The molecule has 0 radical (unpaired) electrons. The molecule has 3 heterocycles. The average Bonchev–Trinajstić information content (AvgIpc) is 2.79. The lowest BCUT2D eigenvalue weighted by molar-refractivity contribution is 0.0966. The van der Waals surface area contributed by atoms with Crippen LogP contribution in [0.3, 0.4) is 0 Å². The number of aromatic nitrogens is 2. The van der Waals surface area contributed by atoms with Crippen LogP contribution in [0.4, 0.5) is 10.7 Å². The summed E-state index contributed by atoms with van der Waals surface area (Å²) in [6, 6.07) is 13.0. The molecule has 0 unspecified atom stereocenters. The number of carbonyl (C=O) groups is 1. The van der Waals surface area contributed by atoms with E-state index in [1.165, 1.54) is 5.56 Å². The van der Waals surface area contributed by atoms with Gasteiger partial charge in [0, 0.05) is 63.2 Å². The van der Waals surface area contributed by atoms with Gasteiger partial charge >= 0.3 is 6.03 Å². The number of aryl methyl sites for hydroxylation is 2. The molecule has 2 aromatic rings. The SMILES string of the molecule is Cc1cc(C)nc(N2CCC(N3CCN(C(=O)NCCc4ccccc4)CC3)CC2)n1. The number of piperazine rings is 1. The van der Waals surface area contributed by atoms with E-state index in [1.807, 2.05) is 43.0 Å². The van der Waals surface area contributed by atoms with Crippen LogP contribution in [0.25, 0.3) is 0 Å². The molecule has 0 bridgehead atoms. The van der Waals surface area contributed by atoms with Crippen LogP contribution in [-0.4, -0.2) is 77.7 Å². The minimum atomic E-state index is 0.0670. The Kier molecular flexibility index (Phi) is 7.02. The lowest BCUT2D eigenvalue weighted by atomic mass is 10.0. The first-order valence-corrected chi connectivity index (χ1v) is 11.5. The van der Waals surface area contributed by atoms with Gasteiger partial charge in [-0.15, -0.1) is 0 Å². The van der Waals surface area contributed by atoms with Gasteiger partial charge in [-0.1, -0.05) is 30.3 Å². The zero-order chi connectivity index (χ0) is 21.6. The molecule has 2 aliphatic rings. The molecule has 0 spiro atoms. The van der Waals surface area contributed by atoms with E-state index in [4.69, 9.17) is 0 Å². The molecule has 2 saturated heterocycles. The smallest absolute Gasteiger partial charge is 0.317 e. The number of hydrogen-bond acceptors (Lipinski definition) is 5. The van der Waals surface area contributed by atoms with E-state index in [2.05, 4.69) is 37.2 Å². The molecular formula is C24H34N6O. The van der Waals surface area contributed by atoms with Gasteiger partial charge in [-0.3, -0.25) is 4.90 Å². The monoisotopic (exact) mass is 422 g/mol. The van der Waals surface area contributed by atoms with Gasteiger partial charge in [-0.2, -0.15) is 0 Å². The lowest BCUT2D eigenvalue weighted by Crippen LogP contribution is -2.56. The fraction of sp³-hybridized carbons (Fsp3) is 0.542. The number of nitrogens with one attached hydrogen (secondary N) is 1. The highest BCUT2D eigenvalue weighted by Gasteiger charge is 2.29. The predicted molar refractivity (Wildman–Crippen MR) is 123 cm³/mol. The fourth-order valence-corrected chi connectivity index (χ4v) is 4.64.